The van der Waals surface area contributed by atoms with Crippen LogP contribution in [0.5, 0.6) is 5.75 Å². The first-order valence-corrected chi connectivity index (χ1v) is 9.55. The molecule has 0 aliphatic carbocycles. The maximum Gasteiger partial charge on any atom is 0.147 e. The highest BCUT2D eigenvalue weighted by atomic mass is 35.5. The number of methoxy groups -OCH3 is 1. The average molecular weight is 334 g/mol. The zero-order chi connectivity index (χ0) is 15.9. The molecule has 1 rings (SSSR count). The van der Waals surface area contributed by atoms with Crippen molar-refractivity contribution in [2.45, 2.75) is 32.2 Å². The van der Waals surface area contributed by atoms with Gasteiger partial charge >= 0.3 is 0 Å². The van der Waals surface area contributed by atoms with Gasteiger partial charge in [0.25, 0.3) is 0 Å². The molecule has 120 valence electrons. The Morgan fingerprint density at radius 2 is 2.10 bits per heavy atom. The minimum Gasteiger partial charge on any atom is -0.496 e. The number of nitrogens with one attached hydrogen (secondary N) is 1. The van der Waals surface area contributed by atoms with Gasteiger partial charge in [0.05, 0.1) is 7.11 Å². The Morgan fingerprint density at radius 1 is 1.38 bits per heavy atom. The Labute approximate surface area is 132 Å². The Hall–Kier alpha value is -0.780. The second-order valence-corrected chi connectivity index (χ2v) is 7.86. The molecule has 1 unspecified atom stereocenters. The van der Waals surface area contributed by atoms with Gasteiger partial charge in [-0.05, 0) is 37.9 Å². The molecule has 6 heteroatoms. The predicted octanol–water partition coefficient (Wildman–Crippen LogP) is 3.21. The second-order valence-electron chi connectivity index (χ2n) is 5.17. The van der Waals surface area contributed by atoms with Crippen LogP contribution in [0.1, 0.15) is 37.8 Å². The Kier molecular flexibility index (Phi) is 7.49. The van der Waals surface area contributed by atoms with Gasteiger partial charge < -0.3 is 10.1 Å². The topological polar surface area (TPSA) is 55.4 Å². The van der Waals surface area contributed by atoms with E-state index in [1.807, 2.05) is 12.1 Å². The summed E-state index contributed by atoms with van der Waals surface area (Å²) in [6, 6.07) is 5.62. The molecule has 0 amide bonds. The van der Waals surface area contributed by atoms with Crippen LogP contribution in [-0.4, -0.2) is 34.1 Å². The van der Waals surface area contributed by atoms with Crippen LogP contribution < -0.4 is 10.1 Å². The molecule has 0 fully saturated rings. The summed E-state index contributed by atoms with van der Waals surface area (Å²) in [7, 11) is -1.31. The van der Waals surface area contributed by atoms with Crippen LogP contribution in [0.2, 0.25) is 5.02 Å². The van der Waals surface area contributed by atoms with E-state index in [9.17, 15) is 8.42 Å². The van der Waals surface area contributed by atoms with E-state index >= 15 is 0 Å². The van der Waals surface area contributed by atoms with E-state index in [1.165, 1.54) is 6.26 Å². The molecule has 0 heterocycles. The molecular weight excluding hydrogens is 310 g/mol. The van der Waals surface area contributed by atoms with Crippen LogP contribution in [0.15, 0.2) is 18.2 Å². The molecule has 1 aromatic rings. The average Bonchev–Trinajstić information content (AvgIpc) is 2.41. The van der Waals surface area contributed by atoms with Crippen LogP contribution in [0.4, 0.5) is 0 Å². The maximum atomic E-state index is 11.3. The lowest BCUT2D eigenvalue weighted by Crippen LogP contribution is -2.23. The van der Waals surface area contributed by atoms with Gasteiger partial charge in [-0.3, -0.25) is 0 Å². The molecule has 0 saturated heterocycles. The van der Waals surface area contributed by atoms with Crippen molar-refractivity contribution in [1.82, 2.24) is 5.32 Å². The third kappa shape index (κ3) is 6.68. The molecule has 0 radical (unpaired) electrons. The molecule has 1 N–H and O–H groups in total. The lowest BCUT2D eigenvalue weighted by Gasteiger charge is -2.21. The van der Waals surface area contributed by atoms with Crippen molar-refractivity contribution in [3.63, 3.8) is 0 Å². The van der Waals surface area contributed by atoms with Gasteiger partial charge in [0.1, 0.15) is 15.6 Å². The van der Waals surface area contributed by atoms with Crippen LogP contribution in [0, 0.1) is 0 Å². The highest BCUT2D eigenvalue weighted by molar-refractivity contribution is 7.90. The van der Waals surface area contributed by atoms with Crippen molar-refractivity contribution in [3.05, 3.63) is 28.8 Å². The lowest BCUT2D eigenvalue weighted by atomic mass is 10.0. The molecule has 0 aromatic heterocycles. The molecule has 0 saturated carbocycles. The van der Waals surface area contributed by atoms with Gasteiger partial charge in [-0.1, -0.05) is 24.6 Å². The lowest BCUT2D eigenvalue weighted by molar-refractivity contribution is 0.394. The normalized spacial score (nSPS) is 13.1. The minimum atomic E-state index is -2.93. The van der Waals surface area contributed by atoms with Gasteiger partial charge in [-0.25, -0.2) is 8.42 Å². The number of ether oxygens (including phenoxy) is 1. The fourth-order valence-corrected chi connectivity index (χ4v) is 3.06. The van der Waals surface area contributed by atoms with E-state index in [1.54, 1.807) is 13.2 Å². The minimum absolute atomic E-state index is 0.0684. The quantitative estimate of drug-likeness (QED) is 0.754. The summed E-state index contributed by atoms with van der Waals surface area (Å²) in [5, 5.41) is 4.07. The molecule has 0 bridgehead atoms. The molecule has 1 aromatic carbocycles. The summed E-state index contributed by atoms with van der Waals surface area (Å²) in [5.74, 6) is 0.934. The smallest absolute Gasteiger partial charge is 0.147 e. The standard InChI is InChI=1S/C15H24ClNO3S/c1-4-9-17-14(6-5-10-21(3,18)19)13-8-7-12(16)11-15(13)20-2/h7-8,11,14,17H,4-6,9-10H2,1-3H3. The number of hydrogen-bond acceptors (Lipinski definition) is 4. The first-order valence-electron chi connectivity index (χ1n) is 7.12. The number of rotatable bonds is 9. The van der Waals surface area contributed by atoms with E-state index in [4.69, 9.17) is 16.3 Å². The van der Waals surface area contributed by atoms with Crippen LogP contribution >= 0.6 is 11.6 Å². The largest absolute Gasteiger partial charge is 0.496 e. The van der Waals surface area contributed by atoms with Crippen LogP contribution in [-0.2, 0) is 9.84 Å². The van der Waals surface area contributed by atoms with Crippen molar-refractivity contribution >= 4 is 21.4 Å². The van der Waals surface area contributed by atoms with Gasteiger partial charge in [0, 0.05) is 28.6 Å². The molecule has 1 atom stereocenters. The SMILES string of the molecule is CCCNC(CCCS(C)(=O)=O)c1ccc(Cl)cc1OC. The Balaban J connectivity index is 2.86. The predicted molar refractivity (Wildman–Crippen MR) is 88.0 cm³/mol. The molecule has 0 aliphatic heterocycles. The summed E-state index contributed by atoms with van der Waals surface area (Å²) in [6.07, 6.45) is 3.64. The van der Waals surface area contributed by atoms with E-state index in [-0.39, 0.29) is 11.8 Å². The van der Waals surface area contributed by atoms with E-state index in [2.05, 4.69) is 12.2 Å². The van der Waals surface area contributed by atoms with Crippen molar-refractivity contribution in [2.24, 2.45) is 0 Å². The first kappa shape index (κ1) is 18.3. The van der Waals surface area contributed by atoms with Gasteiger partial charge in [-0.15, -0.1) is 0 Å². The van der Waals surface area contributed by atoms with Crippen molar-refractivity contribution in [1.29, 1.82) is 0 Å². The third-order valence-electron chi connectivity index (χ3n) is 3.22. The van der Waals surface area contributed by atoms with Gasteiger partial charge in [0.2, 0.25) is 0 Å². The Bertz CT molecular complexity index is 546. The Morgan fingerprint density at radius 3 is 2.67 bits per heavy atom. The van der Waals surface area contributed by atoms with Crippen molar-refractivity contribution < 1.29 is 13.2 Å². The second kappa shape index (κ2) is 8.61. The van der Waals surface area contributed by atoms with Crippen molar-refractivity contribution in [3.8, 4) is 5.75 Å². The summed E-state index contributed by atoms with van der Waals surface area (Å²) in [5.41, 5.74) is 1.02. The number of halogens is 1. The first-order chi connectivity index (χ1) is 9.87. The zero-order valence-electron chi connectivity index (χ0n) is 12.9. The number of benzene rings is 1. The molecule has 0 aliphatic rings. The number of hydrogen-bond donors (Lipinski definition) is 1. The third-order valence-corrected chi connectivity index (χ3v) is 4.48. The molecule has 0 spiro atoms. The van der Waals surface area contributed by atoms with Crippen LogP contribution in [0.3, 0.4) is 0 Å². The highest BCUT2D eigenvalue weighted by Gasteiger charge is 2.16. The number of sulfone groups is 1. The molecule has 21 heavy (non-hydrogen) atoms. The van der Waals surface area contributed by atoms with Gasteiger partial charge in [-0.2, -0.15) is 0 Å². The fraction of sp³-hybridized carbons (Fsp3) is 0.600. The molecule has 4 nitrogen and oxygen atoms in total. The zero-order valence-corrected chi connectivity index (χ0v) is 14.4. The maximum absolute atomic E-state index is 11.3. The van der Waals surface area contributed by atoms with Gasteiger partial charge in [0.15, 0.2) is 0 Å². The summed E-state index contributed by atoms with van der Waals surface area (Å²) < 4.78 is 27.9. The van der Waals surface area contributed by atoms with Crippen molar-refractivity contribution in [2.75, 3.05) is 25.7 Å². The summed E-state index contributed by atoms with van der Waals surface area (Å²) >= 11 is 5.99. The van der Waals surface area contributed by atoms with Crippen LogP contribution in [0.25, 0.3) is 0 Å². The van der Waals surface area contributed by atoms with E-state index in [0.29, 0.717) is 11.4 Å². The fourth-order valence-electron chi connectivity index (χ4n) is 2.21. The van der Waals surface area contributed by atoms with E-state index in [0.717, 1.165) is 30.7 Å². The highest BCUT2D eigenvalue weighted by Crippen LogP contribution is 2.30. The summed E-state index contributed by atoms with van der Waals surface area (Å²) in [6.45, 7) is 2.97. The molecular formula is C15H24ClNO3S. The summed E-state index contributed by atoms with van der Waals surface area (Å²) in [4.78, 5) is 0. The monoisotopic (exact) mass is 333 g/mol. The van der Waals surface area contributed by atoms with E-state index < -0.39 is 9.84 Å².